The van der Waals surface area contributed by atoms with Crippen LogP contribution in [0.3, 0.4) is 0 Å². The van der Waals surface area contributed by atoms with E-state index in [1.807, 2.05) is 0 Å². The smallest absolute Gasteiger partial charge is 0.424 e. The van der Waals surface area contributed by atoms with Gasteiger partial charge in [0.2, 0.25) is 0 Å². The van der Waals surface area contributed by atoms with Crippen LogP contribution in [0.2, 0.25) is 0 Å². The Hall–Kier alpha value is -1.91. The summed E-state index contributed by atoms with van der Waals surface area (Å²) in [6.07, 6.45) is 0.665. The van der Waals surface area contributed by atoms with Gasteiger partial charge in [0.05, 0.1) is 6.61 Å². The van der Waals surface area contributed by atoms with Crippen LogP contribution >= 0.6 is 0 Å². The van der Waals surface area contributed by atoms with Gasteiger partial charge in [-0.15, -0.1) is 0 Å². The fourth-order valence-electron chi connectivity index (χ4n) is 0.659. The van der Waals surface area contributed by atoms with Gasteiger partial charge >= 0.3 is 6.09 Å². The third kappa shape index (κ3) is 2.85. The molecule has 0 saturated carbocycles. The Morgan fingerprint density at radius 1 is 1.21 bits per heavy atom. The molecule has 0 radical (unpaired) electrons. The summed E-state index contributed by atoms with van der Waals surface area (Å²) in [6, 6.07) is 0. The Bertz CT molecular complexity index is 263. The van der Waals surface area contributed by atoms with E-state index in [9.17, 15) is 14.4 Å². The highest BCUT2D eigenvalue weighted by Crippen LogP contribution is 1.98. The lowest BCUT2D eigenvalue weighted by Gasteiger charge is -2.14. The van der Waals surface area contributed by atoms with Crippen LogP contribution in [0.25, 0.3) is 0 Å². The Morgan fingerprint density at radius 3 is 1.93 bits per heavy atom. The maximum absolute atomic E-state index is 11.1. The summed E-state index contributed by atoms with van der Waals surface area (Å²) in [6.45, 7) is 7.95. The molecule has 0 bridgehead atoms. The first-order chi connectivity index (χ1) is 6.58. The van der Waals surface area contributed by atoms with Crippen molar-refractivity contribution in [3.8, 4) is 0 Å². The van der Waals surface area contributed by atoms with Gasteiger partial charge in [-0.3, -0.25) is 9.59 Å². The third-order valence-electron chi connectivity index (χ3n) is 1.24. The minimum absolute atomic E-state index is 0.0736. The Morgan fingerprint density at radius 2 is 1.64 bits per heavy atom. The van der Waals surface area contributed by atoms with E-state index in [1.165, 1.54) is 0 Å². The van der Waals surface area contributed by atoms with Crippen LogP contribution in [-0.2, 0) is 14.3 Å². The molecular weight excluding hydrogens is 186 g/mol. The molecule has 14 heavy (non-hydrogen) atoms. The van der Waals surface area contributed by atoms with E-state index < -0.39 is 17.9 Å². The van der Waals surface area contributed by atoms with Crippen molar-refractivity contribution in [1.29, 1.82) is 0 Å². The summed E-state index contributed by atoms with van der Waals surface area (Å²) < 4.78 is 4.50. The Balaban J connectivity index is 4.80. The van der Waals surface area contributed by atoms with E-state index in [2.05, 4.69) is 17.9 Å². The molecule has 0 heterocycles. The molecule has 76 valence electrons. The first-order valence-electron chi connectivity index (χ1n) is 3.88. The highest BCUT2D eigenvalue weighted by Gasteiger charge is 2.25. The van der Waals surface area contributed by atoms with Gasteiger partial charge in [0.25, 0.3) is 11.8 Å². The molecule has 0 aliphatic rings. The number of hydrogen-bond acceptors (Lipinski definition) is 4. The summed E-state index contributed by atoms with van der Waals surface area (Å²) in [5.41, 5.74) is 0. The van der Waals surface area contributed by atoms with Crippen LogP contribution in [0.1, 0.15) is 6.92 Å². The van der Waals surface area contributed by atoms with E-state index in [0.717, 1.165) is 12.2 Å². The summed E-state index contributed by atoms with van der Waals surface area (Å²) in [4.78, 5) is 33.6. The van der Waals surface area contributed by atoms with Crippen molar-refractivity contribution >= 4 is 17.9 Å². The fraction of sp³-hybridized carbons (Fsp3) is 0.222. The van der Waals surface area contributed by atoms with Gasteiger partial charge in [0, 0.05) is 0 Å². The van der Waals surface area contributed by atoms with Crippen molar-refractivity contribution < 1.29 is 19.1 Å². The van der Waals surface area contributed by atoms with Crippen LogP contribution in [0.4, 0.5) is 4.79 Å². The molecule has 0 spiro atoms. The molecule has 0 aliphatic carbocycles. The molecule has 0 N–H and O–H groups in total. The van der Waals surface area contributed by atoms with Gasteiger partial charge in [-0.1, -0.05) is 13.2 Å². The van der Waals surface area contributed by atoms with Gasteiger partial charge < -0.3 is 4.74 Å². The predicted molar refractivity (Wildman–Crippen MR) is 49.3 cm³/mol. The lowest BCUT2D eigenvalue weighted by molar-refractivity contribution is -0.136. The Labute approximate surface area is 81.6 Å². The van der Waals surface area contributed by atoms with Crippen LogP contribution in [0.15, 0.2) is 25.3 Å². The van der Waals surface area contributed by atoms with E-state index in [0.29, 0.717) is 4.90 Å². The molecule has 0 rings (SSSR count). The lowest BCUT2D eigenvalue weighted by atomic mass is 10.4. The minimum Gasteiger partial charge on any atom is -0.449 e. The maximum atomic E-state index is 11.1. The fourth-order valence-corrected chi connectivity index (χ4v) is 0.659. The van der Waals surface area contributed by atoms with Gasteiger partial charge in [-0.25, -0.2) is 4.79 Å². The zero-order chi connectivity index (χ0) is 11.1. The highest BCUT2D eigenvalue weighted by atomic mass is 16.6. The SMILES string of the molecule is C=CC(=O)N(C(=O)C=C)C(=O)OCC. The van der Waals surface area contributed by atoms with Crippen molar-refractivity contribution in [2.24, 2.45) is 0 Å². The molecule has 0 aliphatic heterocycles. The maximum Gasteiger partial charge on any atom is 0.424 e. The largest absolute Gasteiger partial charge is 0.449 e. The average Bonchev–Trinajstić information content (AvgIpc) is 2.17. The van der Waals surface area contributed by atoms with Crippen molar-refractivity contribution in [3.05, 3.63) is 25.3 Å². The van der Waals surface area contributed by atoms with Gasteiger partial charge in [-0.05, 0) is 19.1 Å². The molecule has 0 unspecified atom stereocenters. The predicted octanol–water partition coefficient (Wildman–Crippen LogP) is 0.870. The molecule has 0 saturated heterocycles. The number of rotatable bonds is 3. The normalized spacial score (nSPS) is 8.64. The lowest BCUT2D eigenvalue weighted by Crippen LogP contribution is -2.40. The number of hydrogen-bond donors (Lipinski definition) is 0. The number of amides is 3. The van der Waals surface area contributed by atoms with Gasteiger partial charge in [0.15, 0.2) is 0 Å². The molecule has 5 nitrogen and oxygen atoms in total. The summed E-state index contributed by atoms with van der Waals surface area (Å²) in [7, 11) is 0. The summed E-state index contributed by atoms with van der Waals surface area (Å²) >= 11 is 0. The number of ether oxygens (including phenoxy) is 1. The summed E-state index contributed by atoms with van der Waals surface area (Å²) in [5, 5.41) is 0. The second-order valence-electron chi connectivity index (χ2n) is 2.12. The second-order valence-corrected chi connectivity index (χ2v) is 2.12. The van der Waals surface area contributed by atoms with Crippen molar-refractivity contribution in [1.82, 2.24) is 4.90 Å². The molecular formula is C9H11NO4. The second kappa shape index (κ2) is 5.69. The molecule has 0 aromatic heterocycles. The van der Waals surface area contributed by atoms with Crippen molar-refractivity contribution in [2.75, 3.05) is 6.61 Å². The van der Waals surface area contributed by atoms with Crippen LogP contribution in [0.5, 0.6) is 0 Å². The molecule has 3 amide bonds. The first-order valence-corrected chi connectivity index (χ1v) is 3.88. The first kappa shape index (κ1) is 12.1. The number of nitrogens with zero attached hydrogens (tertiary/aromatic N) is 1. The highest BCUT2D eigenvalue weighted by molar-refractivity contribution is 6.15. The van der Waals surface area contributed by atoms with Crippen LogP contribution in [0, 0.1) is 0 Å². The van der Waals surface area contributed by atoms with Gasteiger partial charge in [0.1, 0.15) is 0 Å². The van der Waals surface area contributed by atoms with E-state index in [1.54, 1.807) is 6.92 Å². The van der Waals surface area contributed by atoms with E-state index in [4.69, 9.17) is 0 Å². The standard InChI is InChI=1S/C9H11NO4/c1-4-7(11)10(8(12)5-2)9(13)14-6-3/h4-5H,1-2,6H2,3H3. The number of imide groups is 3. The molecule has 0 aromatic rings. The third-order valence-corrected chi connectivity index (χ3v) is 1.24. The van der Waals surface area contributed by atoms with E-state index in [-0.39, 0.29) is 6.61 Å². The number of carbonyl (C=O) groups excluding carboxylic acids is 3. The molecule has 0 fully saturated rings. The minimum atomic E-state index is -1.03. The zero-order valence-electron chi connectivity index (χ0n) is 7.86. The van der Waals surface area contributed by atoms with Gasteiger partial charge in [-0.2, -0.15) is 4.90 Å². The monoisotopic (exact) mass is 197 g/mol. The average molecular weight is 197 g/mol. The topological polar surface area (TPSA) is 63.7 Å². The molecule has 0 aromatic carbocycles. The number of carbonyl (C=O) groups is 3. The van der Waals surface area contributed by atoms with Crippen molar-refractivity contribution in [3.63, 3.8) is 0 Å². The quantitative estimate of drug-likeness (QED) is 0.630. The van der Waals surface area contributed by atoms with Crippen LogP contribution in [-0.4, -0.2) is 29.4 Å². The van der Waals surface area contributed by atoms with Crippen molar-refractivity contribution in [2.45, 2.75) is 6.92 Å². The Kier molecular flexibility index (Phi) is 4.91. The zero-order valence-corrected chi connectivity index (χ0v) is 7.86. The van der Waals surface area contributed by atoms with E-state index >= 15 is 0 Å². The molecule has 5 heteroatoms. The van der Waals surface area contributed by atoms with Crippen LogP contribution < -0.4 is 0 Å². The summed E-state index contributed by atoms with van der Waals surface area (Å²) in [5.74, 6) is -1.68. The molecule has 0 atom stereocenters.